The fourth-order valence-electron chi connectivity index (χ4n) is 3.97. The molecule has 2 rings (SSSR count). The number of aromatic hydroxyl groups is 1. The van der Waals surface area contributed by atoms with Crippen molar-refractivity contribution in [1.29, 1.82) is 0 Å². The normalized spacial score (nSPS) is 19.8. The molecule has 0 spiro atoms. The van der Waals surface area contributed by atoms with E-state index in [0.29, 0.717) is 24.1 Å². The van der Waals surface area contributed by atoms with E-state index in [9.17, 15) is 14.7 Å². The second kappa shape index (κ2) is 6.09. The third-order valence-corrected chi connectivity index (χ3v) is 4.59. The van der Waals surface area contributed by atoms with Crippen LogP contribution in [0.2, 0.25) is 0 Å². The van der Waals surface area contributed by atoms with Gasteiger partial charge < -0.3 is 21.1 Å². The number of carbonyl (C=O) groups excluding carboxylic acids is 2. The highest BCUT2D eigenvalue weighted by Crippen LogP contribution is 2.38. The Morgan fingerprint density at radius 2 is 1.75 bits per heavy atom. The standard InChI is InChI=1S/C18H27N3O3/c1-11-8-13(22)6-7-14(11)20-15(23)16(24)21-17(2,3)9-12(19)10-18(21,4)5/h6-8,12,22H,9-10,19H2,1-5H3,(H,20,23). The van der Waals surface area contributed by atoms with Gasteiger partial charge in [0.2, 0.25) is 0 Å². The maximum Gasteiger partial charge on any atom is 0.313 e. The number of rotatable bonds is 1. The van der Waals surface area contributed by atoms with Crippen molar-refractivity contribution in [3.63, 3.8) is 0 Å². The van der Waals surface area contributed by atoms with E-state index in [2.05, 4.69) is 5.32 Å². The fraction of sp³-hybridized carbons (Fsp3) is 0.556. The van der Waals surface area contributed by atoms with E-state index < -0.39 is 22.9 Å². The molecule has 4 N–H and O–H groups in total. The van der Waals surface area contributed by atoms with Crippen LogP contribution in [0.15, 0.2) is 18.2 Å². The van der Waals surface area contributed by atoms with Crippen LogP contribution in [-0.2, 0) is 9.59 Å². The van der Waals surface area contributed by atoms with Gasteiger partial charge in [0.15, 0.2) is 0 Å². The summed E-state index contributed by atoms with van der Waals surface area (Å²) in [5.41, 5.74) is 6.32. The molecule has 1 heterocycles. The molecule has 0 unspecified atom stereocenters. The average molecular weight is 333 g/mol. The van der Waals surface area contributed by atoms with E-state index in [-0.39, 0.29) is 11.8 Å². The Hall–Kier alpha value is -2.08. The third-order valence-electron chi connectivity index (χ3n) is 4.59. The van der Waals surface area contributed by atoms with Crippen molar-refractivity contribution < 1.29 is 14.7 Å². The average Bonchev–Trinajstić information content (AvgIpc) is 2.38. The molecule has 24 heavy (non-hydrogen) atoms. The van der Waals surface area contributed by atoms with Crippen molar-refractivity contribution >= 4 is 17.5 Å². The van der Waals surface area contributed by atoms with Crippen molar-refractivity contribution in [3.8, 4) is 5.75 Å². The van der Waals surface area contributed by atoms with Gasteiger partial charge in [0.1, 0.15) is 5.75 Å². The van der Waals surface area contributed by atoms with Crippen molar-refractivity contribution in [1.82, 2.24) is 4.90 Å². The second-order valence-corrected chi connectivity index (χ2v) is 7.89. The lowest BCUT2D eigenvalue weighted by atomic mass is 9.77. The molecule has 0 radical (unpaired) electrons. The van der Waals surface area contributed by atoms with Crippen LogP contribution in [0.3, 0.4) is 0 Å². The minimum Gasteiger partial charge on any atom is -0.508 e. The molecule has 1 aromatic rings. The molecule has 6 heteroatoms. The first kappa shape index (κ1) is 18.3. The smallest absolute Gasteiger partial charge is 0.313 e. The Labute approximate surface area is 143 Å². The van der Waals surface area contributed by atoms with Gasteiger partial charge >= 0.3 is 11.8 Å². The number of nitrogens with one attached hydrogen (secondary N) is 1. The maximum atomic E-state index is 12.8. The van der Waals surface area contributed by atoms with Gasteiger partial charge in [-0.2, -0.15) is 0 Å². The Kier molecular flexibility index (Phi) is 4.63. The van der Waals surface area contributed by atoms with Crippen molar-refractivity contribution in [2.45, 2.75) is 64.6 Å². The predicted octanol–water partition coefficient (Wildman–Crippen LogP) is 2.15. The zero-order valence-corrected chi connectivity index (χ0v) is 15.0. The number of piperidine rings is 1. The van der Waals surface area contributed by atoms with Gasteiger partial charge in [0.05, 0.1) is 0 Å². The van der Waals surface area contributed by atoms with Gasteiger partial charge in [-0.05, 0) is 71.2 Å². The first-order chi connectivity index (χ1) is 10.9. The van der Waals surface area contributed by atoms with Gasteiger partial charge in [-0.3, -0.25) is 9.59 Å². The van der Waals surface area contributed by atoms with Crippen LogP contribution in [-0.4, -0.2) is 38.9 Å². The van der Waals surface area contributed by atoms with Crippen LogP contribution in [0.1, 0.15) is 46.1 Å². The van der Waals surface area contributed by atoms with Crippen LogP contribution in [0, 0.1) is 6.92 Å². The second-order valence-electron chi connectivity index (χ2n) is 7.89. The van der Waals surface area contributed by atoms with Crippen LogP contribution >= 0.6 is 0 Å². The van der Waals surface area contributed by atoms with E-state index in [1.165, 1.54) is 12.1 Å². The molecule has 0 atom stereocenters. The molecule has 0 saturated carbocycles. The number of phenolic OH excluding ortho intramolecular Hbond substituents is 1. The van der Waals surface area contributed by atoms with Gasteiger partial charge in [0, 0.05) is 22.8 Å². The molecule has 0 aromatic heterocycles. The summed E-state index contributed by atoms with van der Waals surface area (Å²) < 4.78 is 0. The number of nitrogens with two attached hydrogens (primary N) is 1. The quantitative estimate of drug-likeness (QED) is 0.542. The molecule has 1 saturated heterocycles. The zero-order chi connectivity index (χ0) is 18.3. The Balaban J connectivity index is 2.24. The highest BCUT2D eigenvalue weighted by atomic mass is 16.3. The van der Waals surface area contributed by atoms with Gasteiger partial charge in [-0.15, -0.1) is 0 Å². The number of anilines is 1. The highest BCUT2D eigenvalue weighted by Gasteiger charge is 2.48. The summed E-state index contributed by atoms with van der Waals surface area (Å²) in [6.45, 7) is 9.50. The zero-order valence-electron chi connectivity index (χ0n) is 15.0. The number of hydrogen-bond acceptors (Lipinski definition) is 4. The topological polar surface area (TPSA) is 95.7 Å². The van der Waals surface area contributed by atoms with E-state index >= 15 is 0 Å². The number of nitrogens with zero attached hydrogens (tertiary/aromatic N) is 1. The van der Waals surface area contributed by atoms with E-state index in [4.69, 9.17) is 5.73 Å². The number of carbonyl (C=O) groups is 2. The highest BCUT2D eigenvalue weighted by molar-refractivity contribution is 6.40. The first-order valence-electron chi connectivity index (χ1n) is 8.15. The molecule has 132 valence electrons. The lowest BCUT2D eigenvalue weighted by molar-refractivity contribution is -0.156. The largest absolute Gasteiger partial charge is 0.508 e. The van der Waals surface area contributed by atoms with Crippen molar-refractivity contribution in [2.75, 3.05) is 5.32 Å². The monoisotopic (exact) mass is 333 g/mol. The molecule has 1 aliphatic rings. The van der Waals surface area contributed by atoms with Crippen LogP contribution in [0.4, 0.5) is 5.69 Å². The van der Waals surface area contributed by atoms with Crippen LogP contribution in [0.25, 0.3) is 0 Å². The van der Waals surface area contributed by atoms with Crippen molar-refractivity contribution in [3.05, 3.63) is 23.8 Å². The molecular weight excluding hydrogens is 306 g/mol. The van der Waals surface area contributed by atoms with Gasteiger partial charge in [-0.1, -0.05) is 0 Å². The third kappa shape index (κ3) is 3.53. The number of amides is 2. The molecule has 1 fully saturated rings. The molecule has 1 aliphatic heterocycles. The SMILES string of the molecule is Cc1cc(O)ccc1NC(=O)C(=O)N1C(C)(C)CC(N)CC1(C)C. The molecular formula is C18H27N3O3. The Morgan fingerprint density at radius 1 is 1.21 bits per heavy atom. The summed E-state index contributed by atoms with van der Waals surface area (Å²) in [7, 11) is 0. The molecule has 1 aromatic carbocycles. The van der Waals surface area contributed by atoms with Crippen LogP contribution in [0.5, 0.6) is 5.75 Å². The van der Waals surface area contributed by atoms with Crippen molar-refractivity contribution in [2.24, 2.45) is 5.73 Å². The molecule has 6 nitrogen and oxygen atoms in total. The first-order valence-corrected chi connectivity index (χ1v) is 8.15. The molecule has 0 bridgehead atoms. The van der Waals surface area contributed by atoms with E-state index in [1.54, 1.807) is 17.9 Å². The summed E-state index contributed by atoms with van der Waals surface area (Å²) in [5, 5.41) is 12.1. The summed E-state index contributed by atoms with van der Waals surface area (Å²) in [6.07, 6.45) is 1.29. The summed E-state index contributed by atoms with van der Waals surface area (Å²) in [5.74, 6) is -1.13. The summed E-state index contributed by atoms with van der Waals surface area (Å²) in [6, 6.07) is 4.59. The fourth-order valence-corrected chi connectivity index (χ4v) is 3.97. The minimum absolute atomic E-state index is 0.00135. The predicted molar refractivity (Wildman–Crippen MR) is 93.7 cm³/mol. The van der Waals surface area contributed by atoms with Gasteiger partial charge in [-0.25, -0.2) is 0 Å². The number of aryl methyl sites for hydroxylation is 1. The van der Waals surface area contributed by atoms with E-state index in [1.807, 2.05) is 27.7 Å². The van der Waals surface area contributed by atoms with Crippen LogP contribution < -0.4 is 11.1 Å². The Bertz CT molecular complexity index is 649. The lowest BCUT2D eigenvalue weighted by Gasteiger charge is -2.54. The number of benzene rings is 1. The maximum absolute atomic E-state index is 12.8. The number of phenols is 1. The summed E-state index contributed by atoms with van der Waals surface area (Å²) in [4.78, 5) is 27.0. The number of likely N-dealkylation sites (tertiary alicyclic amines) is 1. The van der Waals surface area contributed by atoms with E-state index in [0.717, 1.165) is 0 Å². The van der Waals surface area contributed by atoms with Gasteiger partial charge in [0.25, 0.3) is 0 Å². The summed E-state index contributed by atoms with van der Waals surface area (Å²) >= 11 is 0. The number of hydrogen-bond donors (Lipinski definition) is 3. The minimum atomic E-state index is -0.680. The molecule has 2 amide bonds. The molecule has 0 aliphatic carbocycles. The Morgan fingerprint density at radius 3 is 2.25 bits per heavy atom. The lowest BCUT2D eigenvalue weighted by Crippen LogP contribution is -2.66.